The number of hydrogen-bond acceptors (Lipinski definition) is 2. The van der Waals surface area contributed by atoms with Gasteiger partial charge in [-0.3, -0.25) is 9.59 Å². The van der Waals surface area contributed by atoms with Crippen molar-refractivity contribution in [3.8, 4) is 0 Å². The Morgan fingerprint density at radius 1 is 0.619 bits per heavy atom. The van der Waals surface area contributed by atoms with Gasteiger partial charge in [0.05, 0.1) is 0 Å². The van der Waals surface area contributed by atoms with Crippen molar-refractivity contribution in [3.63, 3.8) is 0 Å². The van der Waals surface area contributed by atoms with Gasteiger partial charge in [0.2, 0.25) is 0 Å². The Bertz CT molecular complexity index is 516. The summed E-state index contributed by atoms with van der Waals surface area (Å²) < 4.78 is 0. The fourth-order valence-electron chi connectivity index (χ4n) is 2.61. The summed E-state index contributed by atoms with van der Waals surface area (Å²) in [5.74, 6) is -4.20. The molecule has 0 saturated carbocycles. The van der Waals surface area contributed by atoms with Gasteiger partial charge in [0.1, 0.15) is 0 Å². The van der Waals surface area contributed by atoms with E-state index in [0.29, 0.717) is 0 Å². The molecule has 4 heteroatoms. The molecule has 0 aromatic heterocycles. The van der Waals surface area contributed by atoms with Gasteiger partial charge in [0.25, 0.3) is 0 Å². The Morgan fingerprint density at radius 3 is 1.14 bits per heavy atom. The van der Waals surface area contributed by atoms with Gasteiger partial charge in [0.15, 0.2) is 5.41 Å². The number of carboxylic acids is 2. The molecule has 0 fully saturated rings. The van der Waals surface area contributed by atoms with Gasteiger partial charge in [-0.25, -0.2) is 0 Å². The number of hydrogen-bond donors (Lipinski definition) is 2. The van der Waals surface area contributed by atoms with E-state index in [2.05, 4.69) is 0 Å². The highest BCUT2D eigenvalue weighted by atomic mass is 16.4. The van der Waals surface area contributed by atoms with Crippen LogP contribution < -0.4 is 0 Å². The van der Waals surface area contributed by atoms with E-state index >= 15 is 0 Å². The first-order valence-electron chi connectivity index (χ1n) is 6.60. The fourth-order valence-corrected chi connectivity index (χ4v) is 2.61. The molecule has 2 N–H and O–H groups in total. The van der Waals surface area contributed by atoms with Crippen molar-refractivity contribution >= 4 is 11.9 Å². The molecule has 0 saturated heterocycles. The van der Waals surface area contributed by atoms with Crippen molar-refractivity contribution in [2.75, 3.05) is 0 Å². The Balaban J connectivity index is 2.58. The third-order valence-corrected chi connectivity index (χ3v) is 3.70. The Kier molecular flexibility index (Phi) is 4.38. The molecule has 2 aliphatic carbocycles. The molecule has 0 bridgehead atoms. The van der Waals surface area contributed by atoms with E-state index in [0.717, 1.165) is 0 Å². The van der Waals surface area contributed by atoms with Gasteiger partial charge in [-0.15, -0.1) is 0 Å². The Morgan fingerprint density at radius 2 is 0.905 bits per heavy atom. The average Bonchev–Trinajstić information content (AvgIpc) is 2.84. The quantitative estimate of drug-likeness (QED) is 0.778. The monoisotopic (exact) mass is 284 g/mol. The first kappa shape index (κ1) is 14.8. The first-order valence-corrected chi connectivity index (χ1v) is 6.60. The van der Waals surface area contributed by atoms with Gasteiger partial charge in [-0.2, -0.15) is 0 Å². The normalized spacial score (nSPS) is 18.7. The van der Waals surface area contributed by atoms with E-state index in [4.69, 9.17) is 0 Å². The van der Waals surface area contributed by atoms with Crippen LogP contribution in [0.3, 0.4) is 0 Å². The number of rotatable bonds is 4. The van der Waals surface area contributed by atoms with Crippen LogP contribution in [-0.4, -0.2) is 22.2 Å². The van der Waals surface area contributed by atoms with Crippen molar-refractivity contribution in [3.05, 3.63) is 72.9 Å². The van der Waals surface area contributed by atoms with Crippen molar-refractivity contribution in [1.29, 1.82) is 0 Å². The minimum Gasteiger partial charge on any atom is -0.480 e. The number of allylic oxidation sites excluding steroid dienone is 12. The molecular weight excluding hydrogens is 268 g/mol. The van der Waals surface area contributed by atoms with E-state index in [1.807, 2.05) is 0 Å². The summed E-state index contributed by atoms with van der Waals surface area (Å²) in [4.78, 5) is 23.9. The molecule has 21 heavy (non-hydrogen) atoms. The number of aliphatic carboxylic acids is 2. The molecule has 0 radical (unpaired) electrons. The van der Waals surface area contributed by atoms with Crippen molar-refractivity contribution < 1.29 is 19.8 Å². The number of carbonyl (C=O) groups is 2. The molecule has 0 aromatic rings. The SMILES string of the molecule is O=C(O)C(C(=O)O)(C1C=CC=CC=C1)C1C=CC=CC=C1. The topological polar surface area (TPSA) is 74.6 Å². The molecule has 0 atom stereocenters. The third-order valence-electron chi connectivity index (χ3n) is 3.70. The Hall–Kier alpha value is -2.62. The van der Waals surface area contributed by atoms with Crippen molar-refractivity contribution in [2.45, 2.75) is 0 Å². The lowest BCUT2D eigenvalue weighted by Gasteiger charge is -2.34. The second-order valence-electron chi connectivity index (χ2n) is 4.84. The van der Waals surface area contributed by atoms with E-state index in [1.165, 1.54) is 0 Å². The summed E-state index contributed by atoms with van der Waals surface area (Å²) in [5.41, 5.74) is -1.97. The molecule has 0 spiro atoms. The van der Waals surface area contributed by atoms with Crippen molar-refractivity contribution in [2.24, 2.45) is 17.3 Å². The standard InChI is InChI=1S/C17H16O4/c18-15(19)17(16(20)21,13-9-5-1-2-6-10-13)14-11-7-3-4-8-12-14/h1-14H,(H,18,19)(H,20,21). The predicted molar refractivity (Wildman–Crippen MR) is 79.5 cm³/mol. The molecule has 4 nitrogen and oxygen atoms in total. The average molecular weight is 284 g/mol. The van der Waals surface area contributed by atoms with Crippen LogP contribution in [0.15, 0.2) is 72.9 Å². The van der Waals surface area contributed by atoms with Crippen LogP contribution in [-0.2, 0) is 9.59 Å². The lowest BCUT2D eigenvalue weighted by atomic mass is 9.65. The van der Waals surface area contributed by atoms with E-state index < -0.39 is 29.2 Å². The second-order valence-corrected chi connectivity index (χ2v) is 4.84. The van der Waals surface area contributed by atoms with E-state index in [-0.39, 0.29) is 0 Å². The lowest BCUT2D eigenvalue weighted by molar-refractivity contribution is -0.169. The van der Waals surface area contributed by atoms with Crippen LogP contribution in [0, 0.1) is 17.3 Å². The second kappa shape index (κ2) is 6.22. The molecule has 108 valence electrons. The highest BCUT2D eigenvalue weighted by Gasteiger charge is 2.55. The molecule has 0 amide bonds. The van der Waals surface area contributed by atoms with Crippen LogP contribution in [0.5, 0.6) is 0 Å². The smallest absolute Gasteiger partial charge is 0.322 e. The van der Waals surface area contributed by atoms with Crippen LogP contribution in [0.25, 0.3) is 0 Å². The van der Waals surface area contributed by atoms with Crippen LogP contribution in [0.1, 0.15) is 0 Å². The van der Waals surface area contributed by atoms with E-state index in [9.17, 15) is 19.8 Å². The molecule has 0 aliphatic heterocycles. The van der Waals surface area contributed by atoms with Gasteiger partial charge < -0.3 is 10.2 Å². The summed E-state index contributed by atoms with van der Waals surface area (Å²) in [6.07, 6.45) is 20.1. The van der Waals surface area contributed by atoms with Crippen LogP contribution in [0.2, 0.25) is 0 Å². The van der Waals surface area contributed by atoms with Crippen LogP contribution in [0.4, 0.5) is 0 Å². The lowest BCUT2D eigenvalue weighted by Crippen LogP contribution is -2.49. The largest absolute Gasteiger partial charge is 0.480 e. The predicted octanol–water partition coefficient (Wildman–Crippen LogP) is 2.74. The minimum absolute atomic E-state index is 0.750. The maximum Gasteiger partial charge on any atom is 0.322 e. The summed E-state index contributed by atoms with van der Waals surface area (Å²) >= 11 is 0. The van der Waals surface area contributed by atoms with E-state index in [1.54, 1.807) is 72.9 Å². The highest BCUT2D eigenvalue weighted by Crippen LogP contribution is 2.41. The maximum atomic E-state index is 11.9. The zero-order chi connectivity index (χ0) is 15.3. The minimum atomic E-state index is -1.97. The van der Waals surface area contributed by atoms with Crippen molar-refractivity contribution in [1.82, 2.24) is 0 Å². The van der Waals surface area contributed by atoms with Gasteiger partial charge in [-0.1, -0.05) is 72.9 Å². The third kappa shape index (κ3) is 2.65. The molecule has 2 rings (SSSR count). The van der Waals surface area contributed by atoms with Gasteiger partial charge >= 0.3 is 11.9 Å². The summed E-state index contributed by atoms with van der Waals surface area (Å²) in [5, 5.41) is 19.5. The van der Waals surface area contributed by atoms with Gasteiger partial charge in [-0.05, 0) is 0 Å². The Labute approximate surface area is 122 Å². The fraction of sp³-hybridized carbons (Fsp3) is 0.176. The zero-order valence-electron chi connectivity index (χ0n) is 11.3. The van der Waals surface area contributed by atoms with Crippen LogP contribution >= 0.6 is 0 Å². The zero-order valence-corrected chi connectivity index (χ0v) is 11.3. The maximum absolute atomic E-state index is 11.9. The van der Waals surface area contributed by atoms with Gasteiger partial charge in [0, 0.05) is 11.8 Å². The summed E-state index contributed by atoms with van der Waals surface area (Å²) in [7, 11) is 0. The molecule has 0 heterocycles. The molecule has 0 unspecified atom stereocenters. The molecular formula is C17H16O4. The molecule has 2 aliphatic rings. The highest BCUT2D eigenvalue weighted by molar-refractivity contribution is 6.00. The summed E-state index contributed by atoms with van der Waals surface area (Å²) in [6.45, 7) is 0. The summed E-state index contributed by atoms with van der Waals surface area (Å²) in [6, 6.07) is 0. The number of carboxylic acid groups (broad SMARTS) is 2. The first-order chi connectivity index (χ1) is 10.1. The molecule has 0 aromatic carbocycles.